The Kier molecular flexibility index (Phi) is 1.72. The van der Waals surface area contributed by atoms with Gasteiger partial charge < -0.3 is 15.7 Å². The van der Waals surface area contributed by atoms with Crippen molar-refractivity contribution in [2.24, 2.45) is 5.92 Å². The standard InChI is InChI=1S/C8H14N2O2/c11-7(12)10-8(2-3-8)6-1-4-9-5-6/h6,9-10H,1-5H2,(H,11,12). The first kappa shape index (κ1) is 7.86. The van der Waals surface area contributed by atoms with Gasteiger partial charge in [-0.1, -0.05) is 0 Å². The van der Waals surface area contributed by atoms with Gasteiger partial charge in [-0.05, 0) is 31.7 Å². The van der Waals surface area contributed by atoms with E-state index in [0.717, 1.165) is 32.4 Å². The molecule has 68 valence electrons. The predicted octanol–water partition coefficient (Wildman–Crippen LogP) is 0.396. The van der Waals surface area contributed by atoms with E-state index in [1.807, 2.05) is 0 Å². The van der Waals surface area contributed by atoms with E-state index in [1.165, 1.54) is 0 Å². The van der Waals surface area contributed by atoms with Gasteiger partial charge in [0.15, 0.2) is 0 Å². The summed E-state index contributed by atoms with van der Waals surface area (Å²) in [6.07, 6.45) is 2.27. The summed E-state index contributed by atoms with van der Waals surface area (Å²) in [7, 11) is 0. The molecule has 0 bridgehead atoms. The molecule has 0 aromatic rings. The molecule has 1 amide bonds. The molecule has 1 aliphatic carbocycles. The molecule has 1 atom stereocenters. The van der Waals surface area contributed by atoms with Gasteiger partial charge >= 0.3 is 6.09 Å². The van der Waals surface area contributed by atoms with Crippen molar-refractivity contribution in [3.63, 3.8) is 0 Å². The third-order valence-electron chi connectivity index (χ3n) is 2.99. The minimum Gasteiger partial charge on any atom is -0.465 e. The van der Waals surface area contributed by atoms with Crippen LogP contribution in [0.15, 0.2) is 0 Å². The largest absolute Gasteiger partial charge is 0.465 e. The van der Waals surface area contributed by atoms with E-state index in [1.54, 1.807) is 0 Å². The summed E-state index contributed by atoms with van der Waals surface area (Å²) in [6.45, 7) is 2.01. The molecule has 0 aromatic carbocycles. The van der Waals surface area contributed by atoms with Crippen LogP contribution in [0.4, 0.5) is 4.79 Å². The molecule has 1 saturated heterocycles. The lowest BCUT2D eigenvalue weighted by Gasteiger charge is -2.21. The van der Waals surface area contributed by atoms with Gasteiger partial charge in [-0.3, -0.25) is 0 Å². The van der Waals surface area contributed by atoms with E-state index in [0.29, 0.717) is 5.92 Å². The highest BCUT2D eigenvalue weighted by Crippen LogP contribution is 2.44. The van der Waals surface area contributed by atoms with Gasteiger partial charge in [0.05, 0.1) is 0 Å². The molecule has 1 saturated carbocycles. The number of carboxylic acid groups (broad SMARTS) is 1. The molecule has 2 fully saturated rings. The fourth-order valence-electron chi connectivity index (χ4n) is 2.11. The number of amides is 1. The number of carbonyl (C=O) groups is 1. The second-order valence-corrected chi connectivity index (χ2v) is 3.78. The first-order chi connectivity index (χ1) is 5.73. The normalized spacial score (nSPS) is 31.5. The Bertz CT molecular complexity index is 195. The van der Waals surface area contributed by atoms with E-state index >= 15 is 0 Å². The minimum atomic E-state index is -0.876. The zero-order chi connectivity index (χ0) is 8.60. The Balaban J connectivity index is 1.95. The average Bonchev–Trinajstić information content (AvgIpc) is 2.61. The second kappa shape index (κ2) is 2.62. The Labute approximate surface area is 71.3 Å². The number of rotatable bonds is 2. The van der Waals surface area contributed by atoms with Crippen LogP contribution in [-0.2, 0) is 0 Å². The highest BCUT2D eigenvalue weighted by atomic mass is 16.4. The van der Waals surface area contributed by atoms with Gasteiger partial charge in [-0.15, -0.1) is 0 Å². The maximum atomic E-state index is 10.5. The van der Waals surface area contributed by atoms with E-state index in [2.05, 4.69) is 10.6 Å². The fraction of sp³-hybridized carbons (Fsp3) is 0.875. The van der Waals surface area contributed by atoms with Crippen LogP contribution in [0.25, 0.3) is 0 Å². The summed E-state index contributed by atoms with van der Waals surface area (Å²) in [5, 5.41) is 14.5. The zero-order valence-corrected chi connectivity index (χ0v) is 6.97. The molecule has 1 aliphatic heterocycles. The van der Waals surface area contributed by atoms with Crippen LogP contribution >= 0.6 is 0 Å². The topological polar surface area (TPSA) is 61.4 Å². The first-order valence-electron chi connectivity index (χ1n) is 4.45. The molecular formula is C8H14N2O2. The lowest BCUT2D eigenvalue weighted by Crippen LogP contribution is -2.42. The van der Waals surface area contributed by atoms with Crippen molar-refractivity contribution in [1.82, 2.24) is 10.6 Å². The second-order valence-electron chi connectivity index (χ2n) is 3.78. The lowest BCUT2D eigenvalue weighted by molar-refractivity contribution is 0.182. The van der Waals surface area contributed by atoms with Crippen molar-refractivity contribution in [3.05, 3.63) is 0 Å². The molecule has 1 heterocycles. The van der Waals surface area contributed by atoms with Crippen LogP contribution in [0.2, 0.25) is 0 Å². The van der Waals surface area contributed by atoms with Gasteiger partial charge in [0.2, 0.25) is 0 Å². The van der Waals surface area contributed by atoms with Crippen molar-refractivity contribution in [2.75, 3.05) is 13.1 Å². The van der Waals surface area contributed by atoms with Crippen LogP contribution in [-0.4, -0.2) is 29.8 Å². The van der Waals surface area contributed by atoms with Gasteiger partial charge in [0.25, 0.3) is 0 Å². The quantitative estimate of drug-likeness (QED) is 0.562. The zero-order valence-electron chi connectivity index (χ0n) is 6.97. The summed E-state index contributed by atoms with van der Waals surface area (Å²) in [5.41, 5.74) is -0.0602. The van der Waals surface area contributed by atoms with Gasteiger partial charge in [-0.25, -0.2) is 4.79 Å². The van der Waals surface area contributed by atoms with Crippen molar-refractivity contribution < 1.29 is 9.90 Å². The summed E-state index contributed by atoms with van der Waals surface area (Å²) in [5.74, 6) is 0.522. The van der Waals surface area contributed by atoms with E-state index in [4.69, 9.17) is 5.11 Å². The Morgan fingerprint density at radius 3 is 2.75 bits per heavy atom. The number of hydrogen-bond acceptors (Lipinski definition) is 2. The number of hydrogen-bond donors (Lipinski definition) is 3. The predicted molar refractivity (Wildman–Crippen MR) is 44.1 cm³/mol. The summed E-state index contributed by atoms with van der Waals surface area (Å²) in [6, 6.07) is 0. The van der Waals surface area contributed by atoms with Gasteiger partial charge in [-0.2, -0.15) is 0 Å². The van der Waals surface area contributed by atoms with E-state index in [9.17, 15) is 4.79 Å². The first-order valence-corrected chi connectivity index (χ1v) is 4.45. The maximum absolute atomic E-state index is 10.5. The molecule has 0 spiro atoms. The third kappa shape index (κ3) is 1.27. The monoisotopic (exact) mass is 170 g/mol. The van der Waals surface area contributed by atoms with Crippen molar-refractivity contribution in [1.29, 1.82) is 0 Å². The molecule has 0 aromatic heterocycles. The average molecular weight is 170 g/mol. The Hall–Kier alpha value is -0.770. The summed E-state index contributed by atoms with van der Waals surface area (Å²) >= 11 is 0. The van der Waals surface area contributed by atoms with E-state index in [-0.39, 0.29) is 5.54 Å². The van der Waals surface area contributed by atoms with Crippen LogP contribution in [0, 0.1) is 5.92 Å². The lowest BCUT2D eigenvalue weighted by atomic mass is 9.97. The van der Waals surface area contributed by atoms with Crippen LogP contribution in [0.1, 0.15) is 19.3 Å². The maximum Gasteiger partial charge on any atom is 0.405 e. The van der Waals surface area contributed by atoms with Crippen molar-refractivity contribution in [3.8, 4) is 0 Å². The van der Waals surface area contributed by atoms with Crippen LogP contribution in [0.5, 0.6) is 0 Å². The molecule has 4 nitrogen and oxygen atoms in total. The van der Waals surface area contributed by atoms with Crippen LogP contribution < -0.4 is 10.6 Å². The molecular weight excluding hydrogens is 156 g/mol. The fourth-order valence-corrected chi connectivity index (χ4v) is 2.11. The smallest absolute Gasteiger partial charge is 0.405 e. The van der Waals surface area contributed by atoms with Gasteiger partial charge in [0, 0.05) is 12.1 Å². The molecule has 12 heavy (non-hydrogen) atoms. The molecule has 0 radical (unpaired) electrons. The Morgan fingerprint density at radius 2 is 2.33 bits per heavy atom. The number of nitrogens with one attached hydrogen (secondary N) is 2. The molecule has 4 heteroatoms. The SMILES string of the molecule is O=C(O)NC1(C2CCNC2)CC1. The van der Waals surface area contributed by atoms with Crippen molar-refractivity contribution >= 4 is 6.09 Å². The summed E-state index contributed by atoms with van der Waals surface area (Å²) < 4.78 is 0. The minimum absolute atomic E-state index is 0.0602. The van der Waals surface area contributed by atoms with E-state index < -0.39 is 6.09 Å². The highest BCUT2D eigenvalue weighted by molar-refractivity contribution is 5.66. The summed E-state index contributed by atoms with van der Waals surface area (Å²) in [4.78, 5) is 10.5. The molecule has 1 unspecified atom stereocenters. The molecule has 2 aliphatic rings. The molecule has 3 N–H and O–H groups in total. The highest BCUT2D eigenvalue weighted by Gasteiger charge is 2.51. The van der Waals surface area contributed by atoms with Crippen molar-refractivity contribution in [2.45, 2.75) is 24.8 Å². The Morgan fingerprint density at radius 1 is 1.58 bits per heavy atom. The van der Waals surface area contributed by atoms with Crippen LogP contribution in [0.3, 0.4) is 0 Å². The van der Waals surface area contributed by atoms with Gasteiger partial charge in [0.1, 0.15) is 0 Å². The third-order valence-corrected chi connectivity index (χ3v) is 2.99. The molecule has 2 rings (SSSR count).